The molecule has 0 spiro atoms. The third-order valence-electron chi connectivity index (χ3n) is 4.08. The van der Waals surface area contributed by atoms with Gasteiger partial charge < -0.3 is 4.74 Å². The molecule has 1 atom stereocenters. The van der Waals surface area contributed by atoms with E-state index in [0.29, 0.717) is 16.5 Å². The van der Waals surface area contributed by atoms with Gasteiger partial charge in [0.05, 0.1) is 10.6 Å². The molecule has 3 rings (SSSR count). The van der Waals surface area contributed by atoms with E-state index in [4.69, 9.17) is 16.3 Å². The lowest BCUT2D eigenvalue weighted by atomic mass is 9.80. The van der Waals surface area contributed by atoms with E-state index >= 15 is 0 Å². The molecule has 0 radical (unpaired) electrons. The quantitative estimate of drug-likeness (QED) is 0.599. The van der Waals surface area contributed by atoms with E-state index in [2.05, 4.69) is 0 Å². The number of rotatable bonds is 2. The van der Waals surface area contributed by atoms with Gasteiger partial charge in [-0.2, -0.15) is 0 Å². The monoisotopic (exact) mass is 276 g/mol. The summed E-state index contributed by atoms with van der Waals surface area (Å²) in [4.78, 5) is 11.7. The Kier molecular flexibility index (Phi) is 3.61. The predicted molar refractivity (Wildman–Crippen MR) is 75.7 cm³/mol. The lowest BCUT2D eigenvalue weighted by molar-refractivity contribution is -0.160. The van der Waals surface area contributed by atoms with E-state index in [1.54, 1.807) is 0 Å². The van der Waals surface area contributed by atoms with E-state index in [0.717, 1.165) is 18.4 Å². The van der Waals surface area contributed by atoms with Crippen molar-refractivity contribution in [3.8, 4) is 0 Å². The SMILES string of the molecule is O=C1OC(C2CCCCC2)/C1=C(\Cl)c1ccccc1. The van der Waals surface area contributed by atoms with Crippen molar-refractivity contribution in [1.82, 2.24) is 0 Å². The predicted octanol–water partition coefficient (Wildman–Crippen LogP) is 4.14. The number of halogens is 1. The Labute approximate surface area is 118 Å². The van der Waals surface area contributed by atoms with E-state index in [1.807, 2.05) is 30.3 Å². The summed E-state index contributed by atoms with van der Waals surface area (Å²) in [7, 11) is 0. The Morgan fingerprint density at radius 2 is 1.79 bits per heavy atom. The van der Waals surface area contributed by atoms with Crippen LogP contribution < -0.4 is 0 Å². The van der Waals surface area contributed by atoms with Gasteiger partial charge in [-0.15, -0.1) is 0 Å². The maximum atomic E-state index is 11.7. The summed E-state index contributed by atoms with van der Waals surface area (Å²) in [5.41, 5.74) is 1.58. The molecule has 1 aromatic rings. The van der Waals surface area contributed by atoms with Gasteiger partial charge in [0.2, 0.25) is 0 Å². The number of ether oxygens (including phenoxy) is 1. The molecule has 0 amide bonds. The molecule has 1 saturated carbocycles. The first-order chi connectivity index (χ1) is 9.27. The van der Waals surface area contributed by atoms with Crippen LogP contribution in [0.2, 0.25) is 0 Å². The summed E-state index contributed by atoms with van der Waals surface area (Å²) in [6.07, 6.45) is 5.95. The third kappa shape index (κ3) is 2.42. The zero-order chi connectivity index (χ0) is 13.2. The topological polar surface area (TPSA) is 26.3 Å². The van der Waals surface area contributed by atoms with Gasteiger partial charge in [0.25, 0.3) is 0 Å². The van der Waals surface area contributed by atoms with Crippen LogP contribution in [0.1, 0.15) is 37.7 Å². The fourth-order valence-corrected chi connectivity index (χ4v) is 3.33. The Morgan fingerprint density at radius 3 is 2.42 bits per heavy atom. The van der Waals surface area contributed by atoms with Crippen LogP contribution >= 0.6 is 11.6 Å². The first kappa shape index (κ1) is 12.7. The molecule has 19 heavy (non-hydrogen) atoms. The zero-order valence-electron chi connectivity index (χ0n) is 10.8. The number of hydrogen-bond acceptors (Lipinski definition) is 2. The minimum atomic E-state index is -0.246. The van der Waals surface area contributed by atoms with Crippen molar-refractivity contribution in [3.05, 3.63) is 41.5 Å². The second kappa shape index (κ2) is 5.38. The molecule has 2 nitrogen and oxygen atoms in total. The molecule has 2 aliphatic rings. The third-order valence-corrected chi connectivity index (χ3v) is 4.50. The number of cyclic esters (lactones) is 1. The Morgan fingerprint density at radius 1 is 1.11 bits per heavy atom. The maximum absolute atomic E-state index is 11.7. The van der Waals surface area contributed by atoms with Crippen LogP contribution in [0.4, 0.5) is 0 Å². The summed E-state index contributed by atoms with van der Waals surface area (Å²) in [5.74, 6) is 0.211. The van der Waals surface area contributed by atoms with Gasteiger partial charge in [0, 0.05) is 5.92 Å². The molecule has 0 bridgehead atoms. The largest absolute Gasteiger partial charge is 0.453 e. The average molecular weight is 277 g/mol. The molecule has 1 aliphatic heterocycles. The van der Waals surface area contributed by atoms with Crippen molar-refractivity contribution in [1.29, 1.82) is 0 Å². The van der Waals surface area contributed by atoms with Crippen LogP contribution in [0.15, 0.2) is 35.9 Å². The molecular formula is C16H17ClO2. The lowest BCUT2D eigenvalue weighted by Crippen LogP contribution is -2.43. The molecule has 1 unspecified atom stereocenters. The van der Waals surface area contributed by atoms with Gasteiger partial charge in [-0.25, -0.2) is 4.79 Å². The molecule has 1 aliphatic carbocycles. The van der Waals surface area contributed by atoms with Crippen molar-refractivity contribution in [2.24, 2.45) is 5.92 Å². The van der Waals surface area contributed by atoms with Gasteiger partial charge in [0.15, 0.2) is 0 Å². The number of hydrogen-bond donors (Lipinski definition) is 0. The molecule has 3 heteroatoms. The highest BCUT2D eigenvalue weighted by Gasteiger charge is 2.43. The smallest absolute Gasteiger partial charge is 0.339 e. The first-order valence-electron chi connectivity index (χ1n) is 6.93. The molecule has 0 N–H and O–H groups in total. The van der Waals surface area contributed by atoms with Crippen LogP contribution in [0.5, 0.6) is 0 Å². The van der Waals surface area contributed by atoms with Crippen LogP contribution in [-0.4, -0.2) is 12.1 Å². The Hall–Kier alpha value is -1.28. The number of carbonyl (C=O) groups excluding carboxylic acids is 1. The van der Waals surface area contributed by atoms with E-state index < -0.39 is 0 Å². The fraction of sp³-hybridized carbons (Fsp3) is 0.438. The normalized spacial score (nSPS) is 26.6. The van der Waals surface area contributed by atoms with Gasteiger partial charge >= 0.3 is 5.97 Å². The maximum Gasteiger partial charge on any atom is 0.339 e. The summed E-state index contributed by atoms with van der Waals surface area (Å²) in [6, 6.07) is 9.66. The molecule has 1 heterocycles. The highest BCUT2D eigenvalue weighted by molar-refractivity contribution is 6.51. The minimum Gasteiger partial charge on any atom is -0.453 e. The van der Waals surface area contributed by atoms with Crippen LogP contribution in [0, 0.1) is 5.92 Å². The summed E-state index contributed by atoms with van der Waals surface area (Å²) >= 11 is 6.40. The molecule has 1 saturated heterocycles. The first-order valence-corrected chi connectivity index (χ1v) is 7.31. The standard InChI is InChI=1S/C16H17ClO2/c17-14(11-7-3-1-4-8-11)13-15(19-16(13)18)12-9-5-2-6-10-12/h1,3-4,7-8,12,15H,2,5-6,9-10H2/b14-13+. The van der Waals surface area contributed by atoms with Crippen molar-refractivity contribution in [3.63, 3.8) is 0 Å². The zero-order valence-corrected chi connectivity index (χ0v) is 11.5. The van der Waals surface area contributed by atoms with Gasteiger partial charge in [0.1, 0.15) is 6.10 Å². The van der Waals surface area contributed by atoms with Crippen molar-refractivity contribution >= 4 is 22.6 Å². The van der Waals surface area contributed by atoms with Crippen molar-refractivity contribution in [2.45, 2.75) is 38.2 Å². The summed E-state index contributed by atoms with van der Waals surface area (Å²) in [5, 5.41) is 0.562. The summed E-state index contributed by atoms with van der Waals surface area (Å²) < 4.78 is 5.35. The number of benzene rings is 1. The average Bonchev–Trinajstić information content (AvgIpc) is 2.46. The lowest BCUT2D eigenvalue weighted by Gasteiger charge is -2.37. The molecule has 0 aromatic heterocycles. The molecule has 1 aromatic carbocycles. The fourth-order valence-electron chi connectivity index (χ4n) is 3.02. The Balaban J connectivity index is 1.87. The van der Waals surface area contributed by atoms with E-state index in [9.17, 15) is 4.79 Å². The highest BCUT2D eigenvalue weighted by atomic mass is 35.5. The van der Waals surface area contributed by atoms with Gasteiger partial charge in [-0.05, 0) is 18.4 Å². The van der Waals surface area contributed by atoms with E-state index in [1.165, 1.54) is 19.3 Å². The van der Waals surface area contributed by atoms with Crippen molar-refractivity contribution < 1.29 is 9.53 Å². The van der Waals surface area contributed by atoms with Crippen LogP contribution in [0.25, 0.3) is 5.03 Å². The van der Waals surface area contributed by atoms with Crippen molar-refractivity contribution in [2.75, 3.05) is 0 Å². The Bertz CT molecular complexity index is 501. The minimum absolute atomic E-state index is 0.0829. The molecular weight excluding hydrogens is 260 g/mol. The molecule has 2 fully saturated rings. The van der Waals surface area contributed by atoms with Crippen LogP contribution in [-0.2, 0) is 9.53 Å². The molecule has 100 valence electrons. The van der Waals surface area contributed by atoms with Gasteiger partial charge in [-0.3, -0.25) is 0 Å². The number of esters is 1. The number of carbonyl (C=O) groups is 1. The second-order valence-electron chi connectivity index (χ2n) is 5.32. The van der Waals surface area contributed by atoms with E-state index in [-0.39, 0.29) is 12.1 Å². The highest BCUT2D eigenvalue weighted by Crippen LogP contribution is 2.41. The van der Waals surface area contributed by atoms with Crippen LogP contribution in [0.3, 0.4) is 0 Å². The summed E-state index contributed by atoms with van der Waals surface area (Å²) in [6.45, 7) is 0. The second-order valence-corrected chi connectivity index (χ2v) is 5.70. The van der Waals surface area contributed by atoms with Gasteiger partial charge in [-0.1, -0.05) is 61.2 Å².